The number of carbonyl (C=O) groups excluding carboxylic acids is 3. The van der Waals surface area contributed by atoms with E-state index >= 15 is 0 Å². The van der Waals surface area contributed by atoms with Crippen molar-refractivity contribution in [1.29, 1.82) is 0 Å². The molecule has 0 radical (unpaired) electrons. The van der Waals surface area contributed by atoms with Gasteiger partial charge in [0, 0.05) is 0 Å². The van der Waals surface area contributed by atoms with E-state index in [2.05, 4.69) is 19.1 Å². The SMILES string of the molecule is CC.CC(C)(C)OC(=O)N1[C@H](C=O)COC1(C)C.CCCCCCCCCCCCCC/C=C\[C@@H]1COC(C)(C)N1C(=O)OC(C)(C)C. The van der Waals surface area contributed by atoms with Crippen LogP contribution in [0.2, 0.25) is 0 Å². The maximum atomic E-state index is 12.6. The molecule has 2 aliphatic heterocycles. The fourth-order valence-electron chi connectivity index (χ4n) is 5.60. The summed E-state index contributed by atoms with van der Waals surface area (Å²) in [6.45, 7) is 25.4. The second-order valence-electron chi connectivity index (χ2n) is 15.6. The van der Waals surface area contributed by atoms with Gasteiger partial charge in [-0.2, -0.15) is 0 Å². The summed E-state index contributed by atoms with van der Waals surface area (Å²) in [6, 6.07) is -0.614. The number of hydrogen-bond acceptors (Lipinski definition) is 7. The molecule has 2 rings (SSSR count). The molecule has 2 atom stereocenters. The molecule has 0 N–H and O–H groups in total. The topological polar surface area (TPSA) is 94.6 Å². The van der Waals surface area contributed by atoms with E-state index in [1.807, 2.05) is 48.5 Å². The van der Waals surface area contributed by atoms with E-state index in [1.165, 1.54) is 81.9 Å². The molecule has 2 aliphatic rings. The second kappa shape index (κ2) is 22.6. The first-order valence-corrected chi connectivity index (χ1v) is 18.8. The summed E-state index contributed by atoms with van der Waals surface area (Å²) < 4.78 is 22.1. The Labute approximate surface area is 294 Å². The molecule has 48 heavy (non-hydrogen) atoms. The van der Waals surface area contributed by atoms with Crippen molar-refractivity contribution in [3.05, 3.63) is 12.2 Å². The summed E-state index contributed by atoms with van der Waals surface area (Å²) in [4.78, 5) is 38.5. The van der Waals surface area contributed by atoms with Crippen molar-refractivity contribution in [2.45, 2.75) is 208 Å². The van der Waals surface area contributed by atoms with Gasteiger partial charge in [-0.25, -0.2) is 9.59 Å². The number of amides is 2. The predicted molar refractivity (Wildman–Crippen MR) is 196 cm³/mol. The quantitative estimate of drug-likeness (QED) is 0.0963. The lowest BCUT2D eigenvalue weighted by Crippen LogP contribution is -2.50. The van der Waals surface area contributed by atoms with Gasteiger partial charge in [0.2, 0.25) is 0 Å². The molecule has 0 unspecified atom stereocenters. The number of unbranched alkanes of at least 4 members (excludes halogenated alkanes) is 12. The Kier molecular flexibility index (Phi) is 21.6. The Balaban J connectivity index is 0.00000103. The van der Waals surface area contributed by atoms with E-state index in [0.717, 1.165) is 6.42 Å². The Morgan fingerprint density at radius 1 is 0.667 bits per heavy atom. The zero-order chi connectivity index (χ0) is 37.0. The molecule has 2 heterocycles. The second-order valence-corrected chi connectivity index (χ2v) is 15.6. The van der Waals surface area contributed by atoms with Gasteiger partial charge in [-0.3, -0.25) is 9.80 Å². The third-order valence-electron chi connectivity index (χ3n) is 7.96. The average Bonchev–Trinajstić information content (AvgIpc) is 3.46. The van der Waals surface area contributed by atoms with E-state index in [-0.39, 0.29) is 18.7 Å². The normalized spacial score (nSPS) is 20.1. The number of nitrogens with zero attached hydrogens (tertiary/aromatic N) is 2. The minimum absolute atomic E-state index is 0.0489. The molecule has 0 aromatic rings. The van der Waals surface area contributed by atoms with Gasteiger partial charge in [-0.1, -0.05) is 104 Å². The highest BCUT2D eigenvalue weighted by Crippen LogP contribution is 2.30. The first kappa shape index (κ1) is 45.9. The number of allylic oxidation sites excluding steroid dienone is 1. The van der Waals surface area contributed by atoms with Crippen LogP contribution in [-0.2, 0) is 23.7 Å². The maximum absolute atomic E-state index is 12.6. The highest BCUT2D eigenvalue weighted by molar-refractivity contribution is 5.75. The molecule has 9 heteroatoms. The standard InChI is InChI=1S/C26H49NO3.C11H19NO4.C2H6/c1-7-8-9-10-11-12-13-14-15-16-17-18-19-20-21-23-22-29-26(5,6)27(23)24(28)30-25(2,3)4;1-10(2,3)16-9(14)12-8(6-13)7-15-11(12,4)5;1-2/h20-21,23H,7-19,22H2,1-6H3;6,8H,7H2,1-5H3;1-2H3/b21-20-;;/t23-;8-;/m11./s1. The fourth-order valence-corrected chi connectivity index (χ4v) is 5.60. The minimum atomic E-state index is -0.798. The lowest BCUT2D eigenvalue weighted by atomic mass is 10.0. The van der Waals surface area contributed by atoms with Crippen LogP contribution in [0.4, 0.5) is 9.59 Å². The zero-order valence-corrected chi connectivity index (χ0v) is 33.2. The summed E-state index contributed by atoms with van der Waals surface area (Å²) in [5, 5.41) is 0. The van der Waals surface area contributed by atoms with E-state index in [1.54, 1.807) is 39.5 Å². The molecule has 2 amide bonds. The van der Waals surface area contributed by atoms with E-state index in [4.69, 9.17) is 18.9 Å². The van der Waals surface area contributed by atoms with Crippen LogP contribution < -0.4 is 0 Å². The van der Waals surface area contributed by atoms with Crippen LogP contribution >= 0.6 is 0 Å². The van der Waals surface area contributed by atoms with Gasteiger partial charge in [0.1, 0.15) is 35.0 Å². The van der Waals surface area contributed by atoms with Crippen molar-refractivity contribution in [3.8, 4) is 0 Å². The van der Waals surface area contributed by atoms with Crippen LogP contribution in [0.5, 0.6) is 0 Å². The van der Waals surface area contributed by atoms with Crippen LogP contribution in [0.25, 0.3) is 0 Å². The molecule has 0 aromatic heterocycles. The number of hydrogen-bond donors (Lipinski definition) is 0. The first-order chi connectivity index (χ1) is 22.3. The number of carbonyl (C=O) groups is 3. The molecule has 9 nitrogen and oxygen atoms in total. The fraction of sp³-hybridized carbons (Fsp3) is 0.872. The van der Waals surface area contributed by atoms with Crippen molar-refractivity contribution >= 4 is 18.5 Å². The van der Waals surface area contributed by atoms with E-state index < -0.39 is 34.8 Å². The summed E-state index contributed by atoms with van der Waals surface area (Å²) in [5.41, 5.74) is -2.51. The average molecular weight is 683 g/mol. The smallest absolute Gasteiger partial charge is 0.413 e. The number of ether oxygens (including phenoxy) is 4. The summed E-state index contributed by atoms with van der Waals surface area (Å²) >= 11 is 0. The molecule has 2 saturated heterocycles. The van der Waals surface area contributed by atoms with Gasteiger partial charge in [-0.05, 0) is 82.1 Å². The minimum Gasteiger partial charge on any atom is -0.444 e. The molecule has 0 aliphatic carbocycles. The molecule has 0 spiro atoms. The predicted octanol–water partition coefficient (Wildman–Crippen LogP) is 10.6. The molecule has 282 valence electrons. The zero-order valence-electron chi connectivity index (χ0n) is 33.2. The van der Waals surface area contributed by atoms with E-state index in [0.29, 0.717) is 12.9 Å². The Hall–Kier alpha value is -2.13. The summed E-state index contributed by atoms with van der Waals surface area (Å²) in [7, 11) is 0. The third kappa shape index (κ3) is 18.6. The maximum Gasteiger partial charge on any atom is 0.413 e. The van der Waals surface area contributed by atoms with Gasteiger partial charge in [0.05, 0.1) is 19.3 Å². The molecular weight excluding hydrogens is 608 g/mol. The lowest BCUT2D eigenvalue weighted by molar-refractivity contribution is -0.113. The van der Waals surface area contributed by atoms with Crippen molar-refractivity contribution in [3.63, 3.8) is 0 Å². The van der Waals surface area contributed by atoms with Crippen molar-refractivity contribution in [1.82, 2.24) is 9.80 Å². The monoisotopic (exact) mass is 683 g/mol. The van der Waals surface area contributed by atoms with Gasteiger partial charge < -0.3 is 23.7 Å². The molecule has 0 saturated carbocycles. The van der Waals surface area contributed by atoms with Gasteiger partial charge >= 0.3 is 12.2 Å². The Morgan fingerprint density at radius 2 is 1.02 bits per heavy atom. The van der Waals surface area contributed by atoms with E-state index in [9.17, 15) is 14.4 Å². The van der Waals surface area contributed by atoms with Gasteiger partial charge in [0.15, 0.2) is 0 Å². The van der Waals surface area contributed by atoms with Crippen LogP contribution in [0.1, 0.15) is 173 Å². The molecule has 0 aromatic carbocycles. The Bertz CT molecular complexity index is 934. The third-order valence-corrected chi connectivity index (χ3v) is 7.96. The molecule has 0 bridgehead atoms. The van der Waals surface area contributed by atoms with Gasteiger partial charge in [-0.15, -0.1) is 0 Å². The van der Waals surface area contributed by atoms with Crippen LogP contribution in [0, 0.1) is 0 Å². The Morgan fingerprint density at radius 3 is 1.40 bits per heavy atom. The van der Waals surface area contributed by atoms with Crippen molar-refractivity contribution < 1.29 is 33.3 Å². The van der Waals surface area contributed by atoms with Crippen LogP contribution in [0.3, 0.4) is 0 Å². The molecule has 2 fully saturated rings. The summed E-state index contributed by atoms with van der Waals surface area (Å²) in [6.07, 6.45) is 21.7. The van der Waals surface area contributed by atoms with Crippen molar-refractivity contribution in [2.75, 3.05) is 13.2 Å². The van der Waals surface area contributed by atoms with Crippen LogP contribution in [-0.4, -0.2) is 76.2 Å². The highest BCUT2D eigenvalue weighted by Gasteiger charge is 2.46. The molecular formula is C39H74N2O7. The first-order valence-electron chi connectivity index (χ1n) is 18.8. The number of rotatable bonds is 15. The largest absolute Gasteiger partial charge is 0.444 e. The van der Waals surface area contributed by atoms with Crippen LogP contribution in [0.15, 0.2) is 12.2 Å². The van der Waals surface area contributed by atoms with Crippen molar-refractivity contribution in [2.24, 2.45) is 0 Å². The lowest BCUT2D eigenvalue weighted by Gasteiger charge is -2.34. The highest BCUT2D eigenvalue weighted by atomic mass is 16.6. The van der Waals surface area contributed by atoms with Gasteiger partial charge in [0.25, 0.3) is 0 Å². The summed E-state index contributed by atoms with van der Waals surface area (Å²) in [5.74, 6) is 0. The number of aldehydes is 1.